The number of allylic oxidation sites excluding steroid dienone is 1. The van der Waals surface area contributed by atoms with Gasteiger partial charge < -0.3 is 33.9 Å². The van der Waals surface area contributed by atoms with Crippen LogP contribution in [-0.4, -0.2) is 133 Å². The maximum atomic E-state index is 15.4. The molecule has 5 aliphatic heterocycles. The van der Waals surface area contributed by atoms with Gasteiger partial charge in [0, 0.05) is 98.3 Å². The van der Waals surface area contributed by atoms with Gasteiger partial charge in [0.1, 0.15) is 5.41 Å². The number of likely N-dealkylation sites (tertiary alicyclic amines) is 1. The molecule has 12 nitrogen and oxygen atoms in total. The van der Waals surface area contributed by atoms with Gasteiger partial charge in [0.2, 0.25) is 11.5 Å². The first-order valence-corrected chi connectivity index (χ1v) is 21.9. The fourth-order valence-corrected chi connectivity index (χ4v) is 14.0. The number of carbonyl (C=O) groups excluding carboxylic acids is 3. The number of aromatic nitrogens is 1. The summed E-state index contributed by atoms with van der Waals surface area (Å²) in [6, 6.07) is 4.96. The Labute approximate surface area is 356 Å². The molecule has 3 saturated heterocycles. The highest BCUT2D eigenvalue weighted by Gasteiger charge is 2.81. The Morgan fingerprint density at radius 3 is 2.46 bits per heavy atom. The Hall–Kier alpha value is -4.11. The second kappa shape index (κ2) is 14.5. The Balaban J connectivity index is 1.33. The van der Waals surface area contributed by atoms with Crippen molar-refractivity contribution < 1.29 is 47.2 Å². The molecule has 2 aromatic rings. The van der Waals surface area contributed by atoms with Crippen molar-refractivity contribution in [1.82, 2.24) is 19.7 Å². The second-order valence-corrected chi connectivity index (χ2v) is 19.1. The van der Waals surface area contributed by atoms with Gasteiger partial charge in [0.05, 0.1) is 26.4 Å². The van der Waals surface area contributed by atoms with E-state index in [1.807, 2.05) is 43.2 Å². The SMILES string of the molecule is CCc1ccc2[nH]c3c(c2c1)CN1CC(C(C)(F)F)C[C@@H](C1)C[C@]3(C(=O)OC)C1C=C2C(=CC1OC)N(C)[C@H]1[C@@](O)(C(=O)OC)[C@H](OC(C)=O)[C@]3(CC)C=CCN4CC[C@]21[C@@H]43. The van der Waals surface area contributed by atoms with Crippen molar-refractivity contribution in [3.8, 4) is 0 Å². The normalized spacial score (nSPS) is 38.9. The molecule has 2 N–H and O–H groups in total. The van der Waals surface area contributed by atoms with Crippen LogP contribution in [0.3, 0.4) is 0 Å². The fraction of sp³-hybridized carbons (Fsp3) is 0.638. The molecule has 7 aliphatic rings. The summed E-state index contributed by atoms with van der Waals surface area (Å²) >= 11 is 0. The van der Waals surface area contributed by atoms with E-state index >= 15 is 13.6 Å². The van der Waals surface area contributed by atoms with E-state index in [4.69, 9.17) is 18.9 Å². The molecule has 4 unspecified atom stereocenters. The summed E-state index contributed by atoms with van der Waals surface area (Å²) in [5.41, 5.74) is -0.583. The minimum atomic E-state index is -2.93. The van der Waals surface area contributed by atoms with Crippen LogP contribution in [0.4, 0.5) is 8.78 Å². The maximum absolute atomic E-state index is 15.4. The van der Waals surface area contributed by atoms with Crippen LogP contribution in [0, 0.1) is 28.6 Å². The van der Waals surface area contributed by atoms with Crippen LogP contribution in [0.1, 0.15) is 70.2 Å². The number of rotatable bonds is 8. The number of hydrogen-bond acceptors (Lipinski definition) is 11. The largest absolute Gasteiger partial charge is 0.468 e. The number of aliphatic hydroxyl groups is 1. The van der Waals surface area contributed by atoms with Crippen molar-refractivity contribution >= 4 is 28.8 Å². The Morgan fingerprint density at radius 1 is 1.05 bits per heavy atom. The second-order valence-electron chi connectivity index (χ2n) is 19.1. The lowest BCUT2D eigenvalue weighted by molar-refractivity contribution is -0.243. The van der Waals surface area contributed by atoms with E-state index in [1.54, 1.807) is 7.11 Å². The number of nitrogens with zero attached hydrogens (tertiary/aromatic N) is 3. The predicted molar refractivity (Wildman–Crippen MR) is 222 cm³/mol. The first-order valence-electron chi connectivity index (χ1n) is 21.9. The maximum Gasteiger partial charge on any atom is 0.344 e. The van der Waals surface area contributed by atoms with Gasteiger partial charge in [-0.3, -0.25) is 19.4 Å². The third-order valence-corrected chi connectivity index (χ3v) is 16.2. The number of fused-ring (bicyclic) bond motifs is 6. The van der Waals surface area contributed by atoms with Crippen molar-refractivity contribution in [3.05, 3.63) is 70.6 Å². The molecule has 2 aliphatic carbocycles. The van der Waals surface area contributed by atoms with Crippen LogP contribution in [0.2, 0.25) is 0 Å². The zero-order valence-electron chi connectivity index (χ0n) is 36.6. The zero-order chi connectivity index (χ0) is 43.6. The van der Waals surface area contributed by atoms with E-state index in [9.17, 15) is 14.7 Å². The molecule has 2 bridgehead atoms. The number of alkyl halides is 2. The van der Waals surface area contributed by atoms with Gasteiger partial charge >= 0.3 is 17.9 Å². The molecule has 330 valence electrons. The Bertz CT molecular complexity index is 2250. The fourth-order valence-electron chi connectivity index (χ4n) is 14.0. The van der Waals surface area contributed by atoms with Crippen molar-refractivity contribution in [2.45, 2.75) is 108 Å². The van der Waals surface area contributed by atoms with Crippen molar-refractivity contribution in [2.24, 2.45) is 28.6 Å². The first kappa shape index (κ1) is 42.2. The number of methoxy groups -OCH3 is 3. The molecule has 12 atom stereocenters. The lowest BCUT2D eigenvalue weighted by atomic mass is 9.47. The monoisotopic (exact) mass is 846 g/mol. The Morgan fingerprint density at radius 2 is 1.80 bits per heavy atom. The summed E-state index contributed by atoms with van der Waals surface area (Å²) in [5, 5.41) is 14.3. The van der Waals surface area contributed by atoms with Crippen LogP contribution >= 0.6 is 0 Å². The van der Waals surface area contributed by atoms with Crippen LogP contribution in [0.5, 0.6) is 0 Å². The molecule has 6 heterocycles. The van der Waals surface area contributed by atoms with Gasteiger partial charge in [0.25, 0.3) is 0 Å². The highest BCUT2D eigenvalue weighted by atomic mass is 19.3. The number of benzene rings is 1. The Kier molecular flexibility index (Phi) is 10.0. The number of aryl methyl sites for hydroxylation is 1. The summed E-state index contributed by atoms with van der Waals surface area (Å²) in [6.45, 7) is 8.77. The zero-order valence-corrected chi connectivity index (χ0v) is 36.6. The van der Waals surface area contributed by atoms with Crippen LogP contribution in [0.25, 0.3) is 10.9 Å². The number of halogens is 2. The number of piperidine rings is 1. The van der Waals surface area contributed by atoms with E-state index in [-0.39, 0.29) is 31.3 Å². The molecule has 4 fully saturated rings. The molecule has 14 heteroatoms. The average Bonchev–Trinajstić information content (AvgIpc) is 3.89. The van der Waals surface area contributed by atoms with E-state index in [0.29, 0.717) is 44.7 Å². The van der Waals surface area contributed by atoms with Gasteiger partial charge in [-0.25, -0.2) is 13.6 Å². The van der Waals surface area contributed by atoms with Crippen LogP contribution in [0.15, 0.2) is 53.8 Å². The first-order chi connectivity index (χ1) is 29.0. The van der Waals surface area contributed by atoms with Gasteiger partial charge in [0.15, 0.2) is 6.10 Å². The quantitative estimate of drug-likeness (QED) is 0.204. The summed E-state index contributed by atoms with van der Waals surface area (Å²) in [6.07, 6.45) is 8.39. The average molecular weight is 847 g/mol. The van der Waals surface area contributed by atoms with Gasteiger partial charge in [-0.2, -0.15) is 0 Å². The minimum absolute atomic E-state index is 0.213. The van der Waals surface area contributed by atoms with E-state index in [2.05, 4.69) is 39.9 Å². The molecule has 9 rings (SSSR count). The van der Waals surface area contributed by atoms with E-state index in [1.165, 1.54) is 21.1 Å². The summed E-state index contributed by atoms with van der Waals surface area (Å²) in [5.74, 6) is -6.87. The summed E-state index contributed by atoms with van der Waals surface area (Å²) < 4.78 is 54.8. The smallest absolute Gasteiger partial charge is 0.344 e. The third kappa shape index (κ3) is 5.62. The van der Waals surface area contributed by atoms with Gasteiger partial charge in [-0.05, 0) is 86.4 Å². The standard InChI is InChI=1S/C47H60F2N4O8/c1-9-27-12-13-34-30(19-27)31-25-52-23-28(18-29(24-52)43(4,48)49)22-46(37(31)50-34,41(55)59-7)33-20-32-35(21-36(33)58-6)51(5)39-45(32)15-17-53-16-11-14-44(10-2,38(45)53)40(61-26(3)54)47(39,57)42(56)60-8/h11-14,19-21,28-29,33,36,38-40,50,57H,9-10,15-18,22-25H2,1-8H3/t28-,29?,33?,36?,38+,39-,40-,44-,45-,46+,47+/m1/s1. The summed E-state index contributed by atoms with van der Waals surface area (Å²) in [4.78, 5) is 52.9. The number of H-pyrrole nitrogens is 1. The van der Waals surface area contributed by atoms with Gasteiger partial charge in [-0.1, -0.05) is 38.1 Å². The lowest BCUT2D eigenvalue weighted by Crippen LogP contribution is -2.79. The third-order valence-electron chi connectivity index (χ3n) is 16.2. The number of carbonyl (C=O) groups is 3. The molecule has 1 aromatic heterocycles. The number of ether oxygens (including phenoxy) is 4. The lowest BCUT2D eigenvalue weighted by Gasteiger charge is -2.63. The molecule has 61 heavy (non-hydrogen) atoms. The van der Waals surface area contributed by atoms with E-state index < -0.39 is 75.8 Å². The number of likely N-dealkylation sites (N-methyl/N-ethyl adjacent to an activating group) is 1. The van der Waals surface area contributed by atoms with Crippen molar-refractivity contribution in [2.75, 3.05) is 54.6 Å². The van der Waals surface area contributed by atoms with E-state index in [0.717, 1.165) is 46.6 Å². The van der Waals surface area contributed by atoms with Crippen LogP contribution < -0.4 is 0 Å². The number of hydrogen-bond donors (Lipinski definition) is 2. The highest BCUT2D eigenvalue weighted by molar-refractivity contribution is 5.92. The molecule has 1 aromatic carbocycles. The summed E-state index contributed by atoms with van der Waals surface area (Å²) in [7, 11) is 6.07. The topological polar surface area (TPSA) is 134 Å². The highest BCUT2D eigenvalue weighted by Crippen LogP contribution is 2.70. The number of nitrogens with one attached hydrogen (secondary N) is 1. The minimum Gasteiger partial charge on any atom is -0.468 e. The van der Waals surface area contributed by atoms with Crippen molar-refractivity contribution in [1.29, 1.82) is 0 Å². The van der Waals surface area contributed by atoms with Gasteiger partial charge in [-0.15, -0.1) is 0 Å². The molecule has 1 saturated carbocycles. The van der Waals surface area contributed by atoms with Crippen molar-refractivity contribution in [3.63, 3.8) is 0 Å². The molecular formula is C47H60F2N4O8. The number of aromatic amines is 1. The predicted octanol–water partition coefficient (Wildman–Crippen LogP) is 5.28. The molecule has 1 spiro atoms. The van der Waals surface area contributed by atoms with Crippen LogP contribution in [-0.2, 0) is 51.7 Å². The molecule has 0 radical (unpaired) electrons. The molecule has 0 amide bonds. The number of esters is 3. The molecular weight excluding hydrogens is 787 g/mol.